The average Bonchev–Trinajstić information content (AvgIpc) is 3.06. The first-order valence-electron chi connectivity index (χ1n) is 7.38. The maximum Gasteiger partial charge on any atom is 0.237 e. The zero-order chi connectivity index (χ0) is 13.4. The number of hydrogen-bond donors (Lipinski definition) is 2. The van der Waals surface area contributed by atoms with E-state index < -0.39 is 0 Å². The minimum Gasteiger partial charge on any atom is -0.354 e. The van der Waals surface area contributed by atoms with Gasteiger partial charge in [-0.2, -0.15) is 0 Å². The fourth-order valence-electron chi connectivity index (χ4n) is 3.14. The molecule has 2 fully saturated rings. The molecular formula is C15H28N2O. The van der Waals surface area contributed by atoms with Gasteiger partial charge in [0.2, 0.25) is 5.91 Å². The summed E-state index contributed by atoms with van der Waals surface area (Å²) in [6.45, 7) is 10.7. The minimum absolute atomic E-state index is 0.0192. The zero-order valence-corrected chi connectivity index (χ0v) is 12.3. The van der Waals surface area contributed by atoms with Gasteiger partial charge in [-0.1, -0.05) is 27.7 Å². The van der Waals surface area contributed by atoms with E-state index in [2.05, 4.69) is 38.3 Å². The van der Waals surface area contributed by atoms with Gasteiger partial charge in [-0.15, -0.1) is 0 Å². The predicted molar refractivity (Wildman–Crippen MR) is 74.3 cm³/mol. The Morgan fingerprint density at radius 2 is 2.00 bits per heavy atom. The maximum absolute atomic E-state index is 12.3. The van der Waals surface area contributed by atoms with Crippen LogP contribution in [0.4, 0.5) is 0 Å². The lowest BCUT2D eigenvalue weighted by atomic mass is 9.77. The second kappa shape index (κ2) is 4.84. The van der Waals surface area contributed by atoms with E-state index in [0.29, 0.717) is 11.3 Å². The van der Waals surface area contributed by atoms with Crippen LogP contribution in [0.15, 0.2) is 0 Å². The molecule has 0 aromatic rings. The van der Waals surface area contributed by atoms with Crippen LogP contribution in [-0.2, 0) is 4.79 Å². The van der Waals surface area contributed by atoms with E-state index in [0.717, 1.165) is 19.5 Å². The van der Waals surface area contributed by atoms with Crippen molar-refractivity contribution < 1.29 is 4.79 Å². The first-order chi connectivity index (χ1) is 8.37. The van der Waals surface area contributed by atoms with Gasteiger partial charge in [-0.25, -0.2) is 0 Å². The van der Waals surface area contributed by atoms with Crippen molar-refractivity contribution in [2.45, 2.75) is 59.4 Å². The molecule has 3 heteroatoms. The smallest absolute Gasteiger partial charge is 0.237 e. The van der Waals surface area contributed by atoms with Crippen LogP contribution < -0.4 is 10.6 Å². The summed E-state index contributed by atoms with van der Waals surface area (Å²) in [5.41, 5.74) is 0.478. The average molecular weight is 252 g/mol. The van der Waals surface area contributed by atoms with Crippen LogP contribution >= 0.6 is 0 Å². The van der Waals surface area contributed by atoms with Crippen LogP contribution in [0.5, 0.6) is 0 Å². The summed E-state index contributed by atoms with van der Waals surface area (Å²) in [5.74, 6) is 0.872. The highest BCUT2D eigenvalue weighted by atomic mass is 16.2. The van der Waals surface area contributed by atoms with Crippen molar-refractivity contribution in [2.75, 3.05) is 13.1 Å². The van der Waals surface area contributed by atoms with Gasteiger partial charge in [-0.05, 0) is 49.0 Å². The number of rotatable bonds is 4. The summed E-state index contributed by atoms with van der Waals surface area (Å²) in [4.78, 5) is 12.3. The Morgan fingerprint density at radius 3 is 2.50 bits per heavy atom. The van der Waals surface area contributed by atoms with Gasteiger partial charge >= 0.3 is 0 Å². The Kier molecular flexibility index (Phi) is 3.72. The molecule has 104 valence electrons. The normalized spacial score (nSPS) is 29.1. The van der Waals surface area contributed by atoms with Crippen LogP contribution in [-0.4, -0.2) is 25.0 Å². The van der Waals surface area contributed by atoms with Crippen molar-refractivity contribution >= 4 is 5.91 Å². The third-order valence-corrected chi connectivity index (χ3v) is 5.12. The number of carbonyl (C=O) groups is 1. The van der Waals surface area contributed by atoms with Crippen LogP contribution in [0.25, 0.3) is 0 Å². The molecule has 1 aliphatic heterocycles. The molecular weight excluding hydrogens is 224 g/mol. The molecule has 2 N–H and O–H groups in total. The Labute approximate surface area is 111 Å². The molecule has 18 heavy (non-hydrogen) atoms. The summed E-state index contributed by atoms with van der Waals surface area (Å²) in [7, 11) is 0. The molecule has 3 nitrogen and oxygen atoms in total. The summed E-state index contributed by atoms with van der Waals surface area (Å²) in [5, 5.41) is 6.57. The molecule has 2 aliphatic rings. The van der Waals surface area contributed by atoms with E-state index in [9.17, 15) is 4.79 Å². The lowest BCUT2D eigenvalue weighted by Crippen LogP contribution is -2.56. The highest BCUT2D eigenvalue weighted by Gasteiger charge is 2.46. The van der Waals surface area contributed by atoms with Gasteiger partial charge in [0.25, 0.3) is 0 Å². The molecule has 1 saturated carbocycles. The first kappa shape index (κ1) is 13.9. The summed E-state index contributed by atoms with van der Waals surface area (Å²) in [6, 6.07) is -0.0192. The Morgan fingerprint density at radius 1 is 1.33 bits per heavy atom. The molecule has 0 aromatic carbocycles. The SMILES string of the molecule is CC(C)C1(CNC(=O)C2NCCCC2(C)C)CC1. The molecule has 1 saturated heterocycles. The molecule has 1 atom stereocenters. The topological polar surface area (TPSA) is 41.1 Å². The van der Waals surface area contributed by atoms with Crippen molar-refractivity contribution in [1.82, 2.24) is 10.6 Å². The van der Waals surface area contributed by atoms with Crippen LogP contribution in [0.1, 0.15) is 53.4 Å². The molecule has 0 bridgehead atoms. The highest BCUT2D eigenvalue weighted by molar-refractivity contribution is 5.82. The molecule has 1 aliphatic carbocycles. The van der Waals surface area contributed by atoms with Crippen molar-refractivity contribution in [3.05, 3.63) is 0 Å². The first-order valence-corrected chi connectivity index (χ1v) is 7.38. The van der Waals surface area contributed by atoms with Crippen molar-refractivity contribution in [1.29, 1.82) is 0 Å². The third-order valence-electron chi connectivity index (χ3n) is 5.12. The molecule has 0 aromatic heterocycles. The Balaban J connectivity index is 1.88. The van der Waals surface area contributed by atoms with Gasteiger partial charge in [0.15, 0.2) is 0 Å². The number of amides is 1. The minimum atomic E-state index is -0.0192. The van der Waals surface area contributed by atoms with E-state index in [1.54, 1.807) is 0 Å². The number of piperidine rings is 1. The fourth-order valence-corrected chi connectivity index (χ4v) is 3.14. The Bertz CT molecular complexity index is 318. The van der Waals surface area contributed by atoms with E-state index in [1.807, 2.05) is 0 Å². The third kappa shape index (κ3) is 2.71. The Hall–Kier alpha value is -0.570. The van der Waals surface area contributed by atoms with E-state index in [1.165, 1.54) is 19.3 Å². The monoisotopic (exact) mass is 252 g/mol. The molecule has 1 heterocycles. The van der Waals surface area contributed by atoms with Crippen molar-refractivity contribution in [3.8, 4) is 0 Å². The van der Waals surface area contributed by atoms with Gasteiger partial charge in [-0.3, -0.25) is 4.79 Å². The summed E-state index contributed by atoms with van der Waals surface area (Å²) < 4.78 is 0. The second-order valence-corrected chi connectivity index (χ2v) is 7.21. The van der Waals surface area contributed by atoms with Gasteiger partial charge < -0.3 is 10.6 Å². The fraction of sp³-hybridized carbons (Fsp3) is 0.933. The van der Waals surface area contributed by atoms with Gasteiger partial charge in [0.1, 0.15) is 0 Å². The largest absolute Gasteiger partial charge is 0.354 e. The lowest BCUT2D eigenvalue weighted by Gasteiger charge is -2.38. The quantitative estimate of drug-likeness (QED) is 0.806. The number of hydrogen-bond acceptors (Lipinski definition) is 2. The lowest BCUT2D eigenvalue weighted by molar-refractivity contribution is -0.127. The van der Waals surface area contributed by atoms with E-state index in [4.69, 9.17) is 0 Å². The van der Waals surface area contributed by atoms with Crippen LogP contribution in [0.3, 0.4) is 0 Å². The van der Waals surface area contributed by atoms with E-state index >= 15 is 0 Å². The summed E-state index contributed by atoms with van der Waals surface area (Å²) >= 11 is 0. The molecule has 2 rings (SSSR count). The second-order valence-electron chi connectivity index (χ2n) is 7.21. The number of carbonyl (C=O) groups excluding carboxylic acids is 1. The molecule has 0 radical (unpaired) electrons. The van der Waals surface area contributed by atoms with Crippen LogP contribution in [0, 0.1) is 16.7 Å². The van der Waals surface area contributed by atoms with Crippen molar-refractivity contribution in [3.63, 3.8) is 0 Å². The summed E-state index contributed by atoms with van der Waals surface area (Å²) in [6.07, 6.45) is 4.85. The standard InChI is InChI=1S/C15H28N2O/c1-11(2)15(7-8-15)10-17-13(18)12-14(3,4)6-5-9-16-12/h11-12,16H,5-10H2,1-4H3,(H,17,18). The zero-order valence-electron chi connectivity index (χ0n) is 12.3. The highest BCUT2D eigenvalue weighted by Crippen LogP contribution is 2.51. The van der Waals surface area contributed by atoms with Gasteiger partial charge in [0, 0.05) is 6.54 Å². The van der Waals surface area contributed by atoms with Gasteiger partial charge in [0.05, 0.1) is 6.04 Å². The van der Waals surface area contributed by atoms with E-state index in [-0.39, 0.29) is 17.4 Å². The number of nitrogens with one attached hydrogen (secondary N) is 2. The van der Waals surface area contributed by atoms with Crippen molar-refractivity contribution in [2.24, 2.45) is 16.7 Å². The molecule has 0 spiro atoms. The molecule has 1 amide bonds. The van der Waals surface area contributed by atoms with Crippen LogP contribution in [0.2, 0.25) is 0 Å². The maximum atomic E-state index is 12.3. The predicted octanol–water partition coefficient (Wildman–Crippen LogP) is 2.32. The molecule has 1 unspecified atom stereocenters.